The average Bonchev–Trinajstić information content (AvgIpc) is 2.94. The third-order valence-corrected chi connectivity index (χ3v) is 4.83. The molecule has 0 radical (unpaired) electrons. The van der Waals surface area contributed by atoms with Crippen molar-refractivity contribution in [1.82, 2.24) is 15.2 Å². The maximum Gasteiger partial charge on any atom is 0.232 e. The first kappa shape index (κ1) is 14.9. The van der Waals surface area contributed by atoms with E-state index in [2.05, 4.69) is 16.4 Å². The van der Waals surface area contributed by atoms with Gasteiger partial charge in [0.25, 0.3) is 0 Å². The summed E-state index contributed by atoms with van der Waals surface area (Å²) in [5.41, 5.74) is 10.5. The third kappa shape index (κ3) is 2.47. The molecule has 1 aromatic heterocycles. The topological polar surface area (TPSA) is 71.2 Å². The van der Waals surface area contributed by atoms with E-state index in [9.17, 15) is 4.79 Å². The van der Waals surface area contributed by atoms with Crippen LogP contribution in [0.25, 0.3) is 0 Å². The molecule has 24 heavy (non-hydrogen) atoms. The van der Waals surface area contributed by atoms with Gasteiger partial charge < -0.3 is 16.0 Å². The van der Waals surface area contributed by atoms with Gasteiger partial charge in [-0.05, 0) is 22.8 Å². The maximum atomic E-state index is 12.9. The first-order valence-electron chi connectivity index (χ1n) is 8.20. The van der Waals surface area contributed by atoms with E-state index < -0.39 is 0 Å². The van der Waals surface area contributed by atoms with Crippen molar-refractivity contribution >= 4 is 5.91 Å². The summed E-state index contributed by atoms with van der Waals surface area (Å²) in [4.78, 5) is 19.0. The van der Waals surface area contributed by atoms with E-state index in [0.717, 1.165) is 11.1 Å². The van der Waals surface area contributed by atoms with E-state index in [1.165, 1.54) is 11.3 Å². The van der Waals surface area contributed by atoms with Crippen molar-refractivity contribution in [2.45, 2.75) is 12.0 Å². The molecule has 0 saturated carbocycles. The molecule has 1 amide bonds. The molecular formula is C19H20N4O. The molecule has 0 saturated heterocycles. The number of hydrogen-bond donors (Lipinski definition) is 2. The van der Waals surface area contributed by atoms with Crippen LogP contribution >= 0.6 is 0 Å². The minimum absolute atomic E-state index is 0.102. The monoisotopic (exact) mass is 320 g/mol. The van der Waals surface area contributed by atoms with Crippen LogP contribution in [-0.2, 0) is 4.79 Å². The Balaban J connectivity index is 1.48. The second-order valence-electron chi connectivity index (χ2n) is 6.26. The van der Waals surface area contributed by atoms with Gasteiger partial charge >= 0.3 is 0 Å². The number of hydrogen-bond acceptors (Lipinski definition) is 4. The lowest BCUT2D eigenvalue weighted by Gasteiger charge is -2.31. The minimum Gasteiger partial charge on any atom is -0.376 e. The summed E-state index contributed by atoms with van der Waals surface area (Å²) in [5.74, 6) is -0.174. The highest BCUT2D eigenvalue weighted by molar-refractivity contribution is 5.85. The van der Waals surface area contributed by atoms with Crippen molar-refractivity contribution in [3.8, 4) is 0 Å². The molecule has 3 N–H and O–H groups in total. The van der Waals surface area contributed by atoms with Crippen LogP contribution in [0.1, 0.15) is 23.1 Å². The van der Waals surface area contributed by atoms with Crippen molar-refractivity contribution in [2.24, 2.45) is 5.73 Å². The molecular weight excluding hydrogens is 300 g/mol. The number of carbonyl (C=O) groups is 1. The molecule has 2 aliphatic rings. The minimum atomic E-state index is -0.276. The second kappa shape index (κ2) is 6.09. The fourth-order valence-corrected chi connectivity index (χ4v) is 3.51. The van der Waals surface area contributed by atoms with Crippen LogP contribution in [0.5, 0.6) is 0 Å². The Bertz CT molecular complexity index is 772. The molecule has 2 atom stereocenters. The largest absolute Gasteiger partial charge is 0.376 e. The molecule has 122 valence electrons. The van der Waals surface area contributed by atoms with E-state index in [-0.39, 0.29) is 17.9 Å². The summed E-state index contributed by atoms with van der Waals surface area (Å²) in [5, 5.41) is 3.45. The summed E-state index contributed by atoms with van der Waals surface area (Å²) in [7, 11) is 0. The predicted octanol–water partition coefficient (Wildman–Crippen LogP) is 1.56. The molecule has 0 bridgehead atoms. The molecule has 0 spiro atoms. The zero-order valence-corrected chi connectivity index (χ0v) is 13.4. The second-order valence-corrected chi connectivity index (χ2v) is 6.26. The summed E-state index contributed by atoms with van der Waals surface area (Å²) < 4.78 is 0. The molecule has 5 nitrogen and oxygen atoms in total. The van der Waals surface area contributed by atoms with Gasteiger partial charge in [0.1, 0.15) is 0 Å². The molecule has 2 aliphatic heterocycles. The van der Waals surface area contributed by atoms with Crippen molar-refractivity contribution in [2.75, 3.05) is 19.6 Å². The third-order valence-electron chi connectivity index (χ3n) is 4.83. The van der Waals surface area contributed by atoms with Gasteiger partial charge in [0.15, 0.2) is 0 Å². The Labute approximate surface area is 141 Å². The standard InChI is InChI=1S/C19H20N4O/c20-9-15(13-5-2-1-3-6-13)19(24)23-11-16-17(12-23)22-18(16)14-7-4-8-21-10-14/h1-8,10,15,18,22H,9,11-12,20H2. The molecule has 1 aromatic carbocycles. The number of amides is 1. The van der Waals surface area contributed by atoms with E-state index >= 15 is 0 Å². The molecule has 2 unspecified atom stereocenters. The van der Waals surface area contributed by atoms with Crippen LogP contribution in [0.3, 0.4) is 0 Å². The van der Waals surface area contributed by atoms with Crippen molar-refractivity contribution < 1.29 is 4.79 Å². The van der Waals surface area contributed by atoms with Crippen LogP contribution in [-0.4, -0.2) is 35.4 Å². The maximum absolute atomic E-state index is 12.9. The number of pyridine rings is 1. The normalized spacial score (nSPS) is 20.2. The van der Waals surface area contributed by atoms with Gasteiger partial charge in [-0.15, -0.1) is 0 Å². The fraction of sp³-hybridized carbons (Fsp3) is 0.263. The number of rotatable bonds is 4. The van der Waals surface area contributed by atoms with Gasteiger partial charge in [0.05, 0.1) is 18.5 Å². The van der Waals surface area contributed by atoms with Gasteiger partial charge in [0.2, 0.25) is 5.91 Å². The van der Waals surface area contributed by atoms with Crippen LogP contribution in [0.4, 0.5) is 0 Å². The molecule has 0 fully saturated rings. The zero-order valence-electron chi connectivity index (χ0n) is 13.4. The lowest BCUT2D eigenvalue weighted by atomic mass is 9.93. The number of nitrogens with one attached hydrogen (secondary N) is 1. The quantitative estimate of drug-likeness (QED) is 0.897. The van der Waals surface area contributed by atoms with Gasteiger partial charge in [-0.2, -0.15) is 0 Å². The van der Waals surface area contributed by atoms with Crippen LogP contribution in [0.2, 0.25) is 0 Å². The van der Waals surface area contributed by atoms with Gasteiger partial charge in [0, 0.05) is 31.2 Å². The Hall–Kier alpha value is -2.66. The highest BCUT2D eigenvalue weighted by Gasteiger charge is 2.40. The van der Waals surface area contributed by atoms with Crippen LogP contribution < -0.4 is 11.1 Å². The molecule has 5 heteroatoms. The number of benzene rings is 1. The van der Waals surface area contributed by atoms with Crippen molar-refractivity contribution in [1.29, 1.82) is 0 Å². The first-order chi connectivity index (χ1) is 11.8. The number of nitrogens with two attached hydrogens (primary N) is 1. The Kier molecular flexibility index (Phi) is 3.78. The van der Waals surface area contributed by atoms with Gasteiger partial charge in [-0.1, -0.05) is 36.4 Å². The number of aromatic nitrogens is 1. The molecule has 2 aromatic rings. The van der Waals surface area contributed by atoms with Crippen molar-refractivity contribution in [3.63, 3.8) is 0 Å². The molecule has 0 aliphatic carbocycles. The summed E-state index contributed by atoms with van der Waals surface area (Å²) >= 11 is 0. The Morgan fingerprint density at radius 1 is 1.25 bits per heavy atom. The summed E-state index contributed by atoms with van der Waals surface area (Å²) in [6.45, 7) is 1.64. The Morgan fingerprint density at radius 3 is 2.79 bits per heavy atom. The highest BCUT2D eigenvalue weighted by Crippen LogP contribution is 2.38. The predicted molar refractivity (Wildman–Crippen MR) is 92.0 cm³/mol. The van der Waals surface area contributed by atoms with Gasteiger partial charge in [-0.25, -0.2) is 0 Å². The van der Waals surface area contributed by atoms with E-state index in [4.69, 9.17) is 5.73 Å². The number of carbonyl (C=O) groups excluding carboxylic acids is 1. The van der Waals surface area contributed by atoms with E-state index in [1.54, 1.807) is 6.20 Å². The number of nitrogens with zero attached hydrogens (tertiary/aromatic N) is 2. The average molecular weight is 320 g/mol. The molecule has 4 rings (SSSR count). The lowest BCUT2D eigenvalue weighted by molar-refractivity contribution is -0.131. The van der Waals surface area contributed by atoms with Gasteiger partial charge in [-0.3, -0.25) is 9.78 Å². The smallest absolute Gasteiger partial charge is 0.232 e. The summed E-state index contributed by atoms with van der Waals surface area (Å²) in [6.07, 6.45) is 3.65. The fourth-order valence-electron chi connectivity index (χ4n) is 3.51. The van der Waals surface area contributed by atoms with Crippen LogP contribution in [0.15, 0.2) is 66.1 Å². The highest BCUT2D eigenvalue weighted by atomic mass is 16.2. The SMILES string of the molecule is NCC(C(=O)N1CC2=C(C1)C(c1cccnc1)N2)c1ccccc1. The summed E-state index contributed by atoms with van der Waals surface area (Å²) in [6, 6.07) is 14.0. The molecule has 3 heterocycles. The van der Waals surface area contributed by atoms with Crippen molar-refractivity contribution in [3.05, 3.63) is 77.3 Å². The van der Waals surface area contributed by atoms with E-state index in [0.29, 0.717) is 19.6 Å². The first-order valence-corrected chi connectivity index (χ1v) is 8.20. The van der Waals surface area contributed by atoms with E-state index in [1.807, 2.05) is 47.5 Å². The lowest BCUT2D eigenvalue weighted by Crippen LogP contribution is -2.36. The van der Waals surface area contributed by atoms with Crippen LogP contribution in [0, 0.1) is 0 Å². The Morgan fingerprint density at radius 2 is 2.08 bits per heavy atom. The zero-order chi connectivity index (χ0) is 16.5.